The number of amides is 2. The maximum Gasteiger partial charge on any atom is 0.410 e. The van der Waals surface area contributed by atoms with Crippen molar-refractivity contribution in [2.75, 3.05) is 52.8 Å². The zero-order chi connectivity index (χ0) is 31.4. The number of anilines is 1. The molecule has 2 heterocycles. The molecule has 0 saturated carbocycles. The van der Waals surface area contributed by atoms with Gasteiger partial charge in [-0.3, -0.25) is 9.69 Å². The normalized spacial score (nSPS) is 13.9. The summed E-state index contributed by atoms with van der Waals surface area (Å²) in [6, 6.07) is 16.5. The fourth-order valence-corrected chi connectivity index (χ4v) is 5.05. The molecule has 1 aliphatic rings. The predicted octanol–water partition coefficient (Wildman–Crippen LogP) is 5.83. The average Bonchev–Trinajstić information content (AvgIpc) is 3.43. The highest BCUT2D eigenvalue weighted by Gasteiger charge is 2.26. The number of para-hydroxylation sites is 1. The number of benzene rings is 3. The number of nitrogens with one attached hydrogen (secondary N) is 1. The van der Waals surface area contributed by atoms with E-state index in [0.29, 0.717) is 58.6 Å². The van der Waals surface area contributed by atoms with E-state index in [1.807, 2.05) is 57.2 Å². The topological polar surface area (TPSA) is 116 Å². The van der Waals surface area contributed by atoms with Gasteiger partial charge in [0, 0.05) is 38.3 Å². The number of carbonyl (C=O) groups is 2. The van der Waals surface area contributed by atoms with Crippen molar-refractivity contribution in [1.29, 1.82) is 0 Å². The zero-order valence-electron chi connectivity index (χ0n) is 25.9. The third-order valence-electron chi connectivity index (χ3n) is 7.21. The van der Waals surface area contributed by atoms with Crippen molar-refractivity contribution in [1.82, 2.24) is 14.8 Å². The minimum Gasteiger partial charge on any atom is -0.493 e. The van der Waals surface area contributed by atoms with Crippen molar-refractivity contribution in [3.8, 4) is 28.7 Å². The molecule has 2 amide bonds. The Hall–Kier alpha value is -4.77. The van der Waals surface area contributed by atoms with E-state index in [9.17, 15) is 9.59 Å². The third-order valence-corrected chi connectivity index (χ3v) is 7.21. The Morgan fingerprint density at radius 3 is 2.23 bits per heavy atom. The molecule has 1 aliphatic heterocycles. The molecule has 3 aromatic carbocycles. The van der Waals surface area contributed by atoms with E-state index in [1.54, 1.807) is 23.1 Å². The van der Waals surface area contributed by atoms with Crippen LogP contribution in [0.5, 0.6) is 17.2 Å². The molecule has 0 bridgehead atoms. The largest absolute Gasteiger partial charge is 0.493 e. The van der Waals surface area contributed by atoms with Gasteiger partial charge in [-0.1, -0.05) is 18.2 Å². The molecule has 44 heavy (non-hydrogen) atoms. The Bertz CT molecular complexity index is 1630. The number of aromatic nitrogens is 1. The van der Waals surface area contributed by atoms with Crippen LogP contribution in [0, 0.1) is 0 Å². The summed E-state index contributed by atoms with van der Waals surface area (Å²) >= 11 is 0. The first kappa shape index (κ1) is 30.7. The maximum atomic E-state index is 13.3. The van der Waals surface area contributed by atoms with E-state index in [1.165, 1.54) is 21.3 Å². The second-order valence-corrected chi connectivity index (χ2v) is 11.5. The summed E-state index contributed by atoms with van der Waals surface area (Å²) in [7, 11) is 4.51. The summed E-state index contributed by atoms with van der Waals surface area (Å²) in [5.74, 6) is 1.20. The first-order chi connectivity index (χ1) is 21.1. The van der Waals surface area contributed by atoms with Crippen LogP contribution in [0.2, 0.25) is 0 Å². The fourth-order valence-electron chi connectivity index (χ4n) is 5.05. The van der Waals surface area contributed by atoms with E-state index < -0.39 is 5.60 Å². The van der Waals surface area contributed by atoms with E-state index in [4.69, 9.17) is 28.3 Å². The van der Waals surface area contributed by atoms with Gasteiger partial charge in [0.2, 0.25) is 11.6 Å². The Morgan fingerprint density at radius 2 is 1.59 bits per heavy atom. The monoisotopic (exact) mass is 602 g/mol. The van der Waals surface area contributed by atoms with Gasteiger partial charge >= 0.3 is 6.09 Å². The molecule has 0 aliphatic carbocycles. The summed E-state index contributed by atoms with van der Waals surface area (Å²) in [6.45, 7) is 9.08. The lowest BCUT2D eigenvalue weighted by Crippen LogP contribution is -2.49. The van der Waals surface area contributed by atoms with Crippen LogP contribution in [0.4, 0.5) is 10.5 Å². The van der Waals surface area contributed by atoms with Crippen molar-refractivity contribution in [3.05, 3.63) is 65.7 Å². The number of carbonyl (C=O) groups excluding carboxylic acids is 2. The number of rotatable bonds is 8. The van der Waals surface area contributed by atoms with Crippen LogP contribution in [0.3, 0.4) is 0 Å². The number of ether oxygens (including phenoxy) is 4. The minimum atomic E-state index is -0.509. The van der Waals surface area contributed by atoms with Gasteiger partial charge in [0.25, 0.3) is 5.91 Å². The zero-order valence-corrected chi connectivity index (χ0v) is 25.9. The molecule has 1 aromatic heterocycles. The third kappa shape index (κ3) is 6.89. The maximum absolute atomic E-state index is 13.3. The lowest BCUT2D eigenvalue weighted by atomic mass is 10.1. The van der Waals surface area contributed by atoms with Crippen LogP contribution in [0.15, 0.2) is 59.0 Å². The molecular formula is C33H38N4O7. The first-order valence-corrected chi connectivity index (χ1v) is 14.4. The molecular weight excluding hydrogens is 564 g/mol. The van der Waals surface area contributed by atoms with E-state index in [-0.39, 0.29) is 12.0 Å². The number of hydrogen-bond acceptors (Lipinski definition) is 9. The number of methoxy groups -OCH3 is 3. The van der Waals surface area contributed by atoms with Gasteiger partial charge in [-0.15, -0.1) is 0 Å². The van der Waals surface area contributed by atoms with Crippen LogP contribution < -0.4 is 19.5 Å². The quantitative estimate of drug-likeness (QED) is 0.266. The van der Waals surface area contributed by atoms with E-state index in [2.05, 4.69) is 10.2 Å². The van der Waals surface area contributed by atoms with Crippen molar-refractivity contribution in [2.45, 2.75) is 32.9 Å². The Balaban J connectivity index is 1.30. The standard InChI is InChI=1S/C33H38N4O7/c1-33(2,3)44-32(39)37-15-13-36(14-16-37)20-21-11-12-26-25(17-21)35-31(43-26)23-9-7-8-10-24(23)34-30(38)22-18-27(40-4)29(42-6)28(19-22)41-5/h7-12,17-19H,13-16,20H2,1-6H3,(H,34,38). The number of hydrogen-bond donors (Lipinski definition) is 1. The van der Waals surface area contributed by atoms with Crippen molar-refractivity contribution >= 4 is 28.8 Å². The molecule has 1 saturated heterocycles. The second-order valence-electron chi connectivity index (χ2n) is 11.5. The molecule has 11 heteroatoms. The molecule has 1 fully saturated rings. The summed E-state index contributed by atoms with van der Waals surface area (Å²) in [5, 5.41) is 2.96. The summed E-state index contributed by atoms with van der Waals surface area (Å²) in [5.41, 5.74) is 3.46. The van der Waals surface area contributed by atoms with Gasteiger partial charge in [0.05, 0.1) is 32.6 Å². The van der Waals surface area contributed by atoms with Crippen molar-refractivity contribution in [2.24, 2.45) is 0 Å². The molecule has 11 nitrogen and oxygen atoms in total. The number of fused-ring (bicyclic) bond motifs is 1. The first-order valence-electron chi connectivity index (χ1n) is 14.4. The Morgan fingerprint density at radius 1 is 0.909 bits per heavy atom. The molecule has 4 aromatic rings. The van der Waals surface area contributed by atoms with Gasteiger partial charge in [-0.2, -0.15) is 0 Å². The number of nitrogens with zero attached hydrogens (tertiary/aromatic N) is 3. The van der Waals surface area contributed by atoms with Crippen LogP contribution in [0.1, 0.15) is 36.7 Å². The van der Waals surface area contributed by atoms with E-state index in [0.717, 1.165) is 30.7 Å². The van der Waals surface area contributed by atoms with Crippen molar-refractivity contribution in [3.63, 3.8) is 0 Å². The van der Waals surface area contributed by atoms with Crippen molar-refractivity contribution < 1.29 is 33.0 Å². The lowest BCUT2D eigenvalue weighted by Gasteiger charge is -2.35. The average molecular weight is 603 g/mol. The van der Waals surface area contributed by atoms with Crippen LogP contribution in [-0.2, 0) is 11.3 Å². The van der Waals surface area contributed by atoms with Crippen LogP contribution in [-0.4, -0.2) is 79.9 Å². The molecule has 0 radical (unpaired) electrons. The predicted molar refractivity (Wildman–Crippen MR) is 167 cm³/mol. The highest BCUT2D eigenvalue weighted by Crippen LogP contribution is 2.39. The molecule has 1 N–H and O–H groups in total. The molecule has 0 atom stereocenters. The Labute approximate surface area is 256 Å². The molecule has 5 rings (SSSR count). The van der Waals surface area contributed by atoms with Crippen LogP contribution in [0.25, 0.3) is 22.6 Å². The highest BCUT2D eigenvalue weighted by molar-refractivity contribution is 6.06. The SMILES string of the molecule is COc1cc(C(=O)Nc2ccccc2-c2nc3cc(CN4CCN(C(=O)OC(C)(C)C)CC4)ccc3o2)cc(OC)c1OC. The van der Waals surface area contributed by atoms with Gasteiger partial charge in [-0.25, -0.2) is 9.78 Å². The molecule has 0 spiro atoms. The van der Waals surface area contributed by atoms with E-state index >= 15 is 0 Å². The summed E-state index contributed by atoms with van der Waals surface area (Å²) in [6.07, 6.45) is -0.270. The number of piperazine rings is 1. The second kappa shape index (κ2) is 12.8. The van der Waals surface area contributed by atoms with Gasteiger partial charge in [-0.05, 0) is 62.7 Å². The molecule has 232 valence electrons. The highest BCUT2D eigenvalue weighted by atomic mass is 16.6. The van der Waals surface area contributed by atoms with Gasteiger partial charge < -0.3 is 33.6 Å². The lowest BCUT2D eigenvalue weighted by molar-refractivity contribution is 0.0139. The van der Waals surface area contributed by atoms with Gasteiger partial charge in [0.15, 0.2) is 17.1 Å². The molecule has 0 unspecified atom stereocenters. The summed E-state index contributed by atoms with van der Waals surface area (Å²) in [4.78, 5) is 34.5. The van der Waals surface area contributed by atoms with Crippen LogP contribution >= 0.6 is 0 Å². The fraction of sp³-hybridized carbons (Fsp3) is 0.364. The van der Waals surface area contributed by atoms with Gasteiger partial charge in [0.1, 0.15) is 11.1 Å². The smallest absolute Gasteiger partial charge is 0.410 e. The minimum absolute atomic E-state index is 0.270. The number of oxazole rings is 1. The Kier molecular flexibility index (Phi) is 8.96. The summed E-state index contributed by atoms with van der Waals surface area (Å²) < 4.78 is 27.8.